The van der Waals surface area contributed by atoms with Crippen LogP contribution in [0.15, 0.2) is 182 Å². The van der Waals surface area contributed by atoms with Crippen molar-refractivity contribution >= 4 is 62.1 Å². The fourth-order valence-corrected chi connectivity index (χ4v) is 12.2. The minimum absolute atomic E-state index is 1.17. The molecule has 0 amide bonds. The van der Waals surface area contributed by atoms with Crippen molar-refractivity contribution in [3.63, 3.8) is 0 Å². The summed E-state index contributed by atoms with van der Waals surface area (Å²) in [5.74, 6) is 0. The maximum Gasteiger partial charge on any atom is 0.113 e. The van der Waals surface area contributed by atoms with Gasteiger partial charge in [0, 0.05) is 32.9 Å². The number of hydrogen-bond acceptors (Lipinski definition) is 0. The van der Waals surface area contributed by atoms with Crippen LogP contribution in [0.2, 0.25) is 13.1 Å². The molecule has 11 rings (SSSR count). The normalized spacial score (nSPS) is 13.2. The molecule has 10 aromatic rings. The minimum Gasteiger partial charge on any atom is -0.309 e. The van der Waals surface area contributed by atoms with E-state index in [9.17, 15) is 0 Å². The standard InChI is InChI=1S/C50H36N2Si/c1-53(2)49-22-11-8-19-41(49)42-26-25-38(32-50(42)53)52-46-21-10-7-18-40(46)44-31-36(24-28-48(44)52)35-23-27-47-43(30-35)39-17-6-9-20-45(39)51(47)37-16-12-15-34(29-37)33-13-4-3-5-14-33/h3-32H,1-2H3. The Bertz CT molecular complexity index is 3090. The summed E-state index contributed by atoms with van der Waals surface area (Å²) in [7, 11) is -1.81. The highest BCUT2D eigenvalue weighted by Gasteiger charge is 2.37. The van der Waals surface area contributed by atoms with Crippen LogP contribution in [0.4, 0.5) is 0 Å². The molecule has 0 saturated carbocycles. The molecule has 3 heteroatoms. The van der Waals surface area contributed by atoms with E-state index >= 15 is 0 Å². The second-order valence-corrected chi connectivity index (χ2v) is 19.3. The number of rotatable bonds is 4. The van der Waals surface area contributed by atoms with Crippen LogP contribution >= 0.6 is 0 Å². The lowest BCUT2D eigenvalue weighted by molar-refractivity contribution is 1.18. The van der Waals surface area contributed by atoms with E-state index in [1.165, 1.54) is 93.6 Å². The molecule has 0 radical (unpaired) electrons. The van der Waals surface area contributed by atoms with Gasteiger partial charge in [-0.2, -0.15) is 0 Å². The minimum atomic E-state index is -1.81. The topological polar surface area (TPSA) is 9.86 Å². The molecule has 0 bridgehead atoms. The lowest BCUT2D eigenvalue weighted by Crippen LogP contribution is -2.49. The van der Waals surface area contributed by atoms with Gasteiger partial charge in [0.1, 0.15) is 8.07 Å². The summed E-state index contributed by atoms with van der Waals surface area (Å²) in [6.45, 7) is 4.99. The highest BCUT2D eigenvalue weighted by atomic mass is 28.3. The lowest BCUT2D eigenvalue weighted by atomic mass is 10.0. The summed E-state index contributed by atoms with van der Waals surface area (Å²) in [5.41, 5.74) is 15.0. The van der Waals surface area contributed by atoms with Gasteiger partial charge in [0.05, 0.1) is 22.1 Å². The lowest BCUT2D eigenvalue weighted by Gasteiger charge is -2.20. The van der Waals surface area contributed by atoms with Crippen LogP contribution in [0.3, 0.4) is 0 Å². The second kappa shape index (κ2) is 11.3. The van der Waals surface area contributed by atoms with Gasteiger partial charge in [-0.25, -0.2) is 0 Å². The molecule has 0 saturated heterocycles. The van der Waals surface area contributed by atoms with Gasteiger partial charge >= 0.3 is 0 Å². The Kier molecular flexibility index (Phi) is 6.44. The number of nitrogens with zero attached hydrogens (tertiary/aromatic N) is 2. The van der Waals surface area contributed by atoms with Crippen LogP contribution < -0.4 is 10.4 Å². The van der Waals surface area contributed by atoms with Crippen molar-refractivity contribution in [2.75, 3.05) is 0 Å². The van der Waals surface area contributed by atoms with Crippen molar-refractivity contribution < 1.29 is 0 Å². The summed E-state index contributed by atoms with van der Waals surface area (Å²) >= 11 is 0. The van der Waals surface area contributed by atoms with E-state index in [-0.39, 0.29) is 0 Å². The van der Waals surface area contributed by atoms with Crippen molar-refractivity contribution in [1.82, 2.24) is 9.13 Å². The van der Waals surface area contributed by atoms with Crippen LogP contribution in [0.1, 0.15) is 0 Å². The van der Waals surface area contributed by atoms with Crippen molar-refractivity contribution in [3.8, 4) is 44.8 Å². The van der Waals surface area contributed by atoms with E-state index in [4.69, 9.17) is 0 Å². The number of hydrogen-bond donors (Lipinski definition) is 0. The Hall–Kier alpha value is -6.42. The SMILES string of the molecule is C[Si]1(C)c2ccccc2-c2ccc(-n3c4ccccc4c4cc(-c5ccc6c(c5)c5ccccc5n6-c5cccc(-c6ccccc6)c5)ccc43)cc21. The zero-order valence-electron chi connectivity index (χ0n) is 29.7. The average Bonchev–Trinajstić information content (AvgIpc) is 3.81. The fraction of sp³-hybridized carbons (Fsp3) is 0.0400. The number of para-hydroxylation sites is 2. The maximum absolute atomic E-state index is 2.50. The first-order valence-electron chi connectivity index (χ1n) is 18.5. The van der Waals surface area contributed by atoms with E-state index in [1.54, 1.807) is 5.19 Å². The Balaban J connectivity index is 1.06. The van der Waals surface area contributed by atoms with Crippen LogP contribution in [-0.4, -0.2) is 17.2 Å². The summed E-state index contributed by atoms with van der Waals surface area (Å²) in [4.78, 5) is 0. The van der Waals surface area contributed by atoms with E-state index in [2.05, 4.69) is 204 Å². The molecule has 1 aliphatic heterocycles. The summed E-state index contributed by atoms with van der Waals surface area (Å²) in [6.07, 6.45) is 0. The third-order valence-electron chi connectivity index (χ3n) is 11.7. The van der Waals surface area contributed by atoms with Crippen molar-refractivity contribution in [1.29, 1.82) is 0 Å². The molecule has 3 heterocycles. The summed E-state index contributed by atoms with van der Waals surface area (Å²) in [6, 6.07) is 67.5. The van der Waals surface area contributed by atoms with E-state index < -0.39 is 8.07 Å². The summed E-state index contributed by atoms with van der Waals surface area (Å²) < 4.78 is 4.89. The van der Waals surface area contributed by atoms with Crippen molar-refractivity contribution in [2.45, 2.75) is 13.1 Å². The molecule has 0 atom stereocenters. The van der Waals surface area contributed by atoms with Crippen molar-refractivity contribution in [3.05, 3.63) is 182 Å². The molecule has 0 N–H and O–H groups in total. The molecular formula is C50H36N2Si. The van der Waals surface area contributed by atoms with Crippen LogP contribution in [-0.2, 0) is 0 Å². The third kappa shape index (κ3) is 4.44. The largest absolute Gasteiger partial charge is 0.309 e. The van der Waals surface area contributed by atoms with Crippen molar-refractivity contribution in [2.24, 2.45) is 0 Å². The zero-order valence-corrected chi connectivity index (χ0v) is 30.7. The zero-order chi connectivity index (χ0) is 35.3. The number of aromatic nitrogens is 2. The third-order valence-corrected chi connectivity index (χ3v) is 15.3. The van der Waals surface area contributed by atoms with Gasteiger partial charge in [0.2, 0.25) is 0 Å². The molecule has 0 fully saturated rings. The molecule has 0 unspecified atom stereocenters. The number of benzene rings is 8. The Morgan fingerprint density at radius 1 is 0.321 bits per heavy atom. The molecule has 250 valence electrons. The van der Waals surface area contributed by atoms with E-state index in [0.717, 1.165) is 0 Å². The Morgan fingerprint density at radius 3 is 1.51 bits per heavy atom. The fourth-order valence-electron chi connectivity index (χ4n) is 9.15. The van der Waals surface area contributed by atoms with Gasteiger partial charge in [-0.15, -0.1) is 0 Å². The van der Waals surface area contributed by atoms with Crippen LogP contribution in [0, 0.1) is 0 Å². The predicted octanol–water partition coefficient (Wildman–Crippen LogP) is 12.0. The second-order valence-electron chi connectivity index (χ2n) is 15.0. The number of fused-ring (bicyclic) bond motifs is 9. The highest BCUT2D eigenvalue weighted by Crippen LogP contribution is 2.39. The first kappa shape index (κ1) is 30.2. The monoisotopic (exact) mass is 692 g/mol. The molecular weight excluding hydrogens is 657 g/mol. The molecule has 0 aliphatic carbocycles. The van der Waals surface area contributed by atoms with Gasteiger partial charge in [-0.05, 0) is 104 Å². The first-order valence-corrected chi connectivity index (χ1v) is 21.5. The first-order chi connectivity index (χ1) is 26.0. The van der Waals surface area contributed by atoms with Gasteiger partial charge in [-0.3, -0.25) is 0 Å². The molecule has 8 aromatic carbocycles. The quantitative estimate of drug-likeness (QED) is 0.163. The Morgan fingerprint density at radius 2 is 0.830 bits per heavy atom. The molecule has 1 aliphatic rings. The van der Waals surface area contributed by atoms with Crippen LogP contribution in [0.5, 0.6) is 0 Å². The van der Waals surface area contributed by atoms with E-state index in [1.807, 2.05) is 0 Å². The van der Waals surface area contributed by atoms with Crippen LogP contribution in [0.25, 0.3) is 88.4 Å². The van der Waals surface area contributed by atoms with E-state index in [0.29, 0.717) is 0 Å². The molecule has 2 aromatic heterocycles. The molecule has 53 heavy (non-hydrogen) atoms. The summed E-state index contributed by atoms with van der Waals surface area (Å²) in [5, 5.41) is 8.14. The van der Waals surface area contributed by atoms with Gasteiger partial charge in [-0.1, -0.05) is 134 Å². The average molecular weight is 693 g/mol. The molecule has 2 nitrogen and oxygen atoms in total. The predicted molar refractivity (Wildman–Crippen MR) is 228 cm³/mol. The highest BCUT2D eigenvalue weighted by molar-refractivity contribution is 7.03. The molecule has 0 spiro atoms. The smallest absolute Gasteiger partial charge is 0.113 e. The van der Waals surface area contributed by atoms with Gasteiger partial charge in [0.25, 0.3) is 0 Å². The van der Waals surface area contributed by atoms with Gasteiger partial charge < -0.3 is 9.13 Å². The maximum atomic E-state index is 2.50. The Labute approximate surface area is 309 Å². The van der Waals surface area contributed by atoms with Gasteiger partial charge in [0.15, 0.2) is 0 Å².